The fourth-order valence-corrected chi connectivity index (χ4v) is 1.21. The van der Waals surface area contributed by atoms with Crippen LogP contribution in [-0.4, -0.2) is 20.2 Å². The maximum Gasteiger partial charge on any atom is 0.247 e. The minimum absolute atomic E-state index is 0.224. The predicted octanol–water partition coefficient (Wildman–Crippen LogP) is 1.97. The molecule has 2 rings (SSSR count). The van der Waals surface area contributed by atoms with Crippen molar-refractivity contribution in [1.29, 1.82) is 0 Å². The monoisotopic (exact) mass is 214 g/mol. The lowest BCUT2D eigenvalue weighted by Crippen LogP contribution is -1.95. The van der Waals surface area contributed by atoms with E-state index in [1.165, 1.54) is 4.68 Å². The van der Waals surface area contributed by atoms with Gasteiger partial charge in [-0.3, -0.25) is 0 Å². The highest BCUT2D eigenvalue weighted by Gasteiger charge is 2.03. The molecule has 0 aliphatic carbocycles. The van der Waals surface area contributed by atoms with E-state index in [0.29, 0.717) is 5.02 Å². The molecule has 1 aromatic heterocycles. The van der Waals surface area contributed by atoms with Crippen LogP contribution >= 0.6 is 23.2 Å². The fraction of sp³-hybridized carbons (Fsp3) is 0. The van der Waals surface area contributed by atoms with Gasteiger partial charge in [-0.1, -0.05) is 16.7 Å². The van der Waals surface area contributed by atoms with Gasteiger partial charge >= 0.3 is 0 Å². The number of rotatable bonds is 1. The lowest BCUT2D eigenvalue weighted by molar-refractivity contribution is 0.789. The van der Waals surface area contributed by atoms with E-state index < -0.39 is 0 Å². The molecular formula is C7H4Cl2N4. The van der Waals surface area contributed by atoms with Crippen LogP contribution in [0.3, 0.4) is 0 Å². The minimum atomic E-state index is 0.224. The van der Waals surface area contributed by atoms with E-state index in [1.54, 1.807) is 24.3 Å². The molecule has 1 aromatic carbocycles. The third kappa shape index (κ3) is 1.64. The Morgan fingerprint density at radius 3 is 2.31 bits per heavy atom. The van der Waals surface area contributed by atoms with Crippen molar-refractivity contribution in [2.45, 2.75) is 0 Å². The van der Waals surface area contributed by atoms with Crippen molar-refractivity contribution < 1.29 is 0 Å². The van der Waals surface area contributed by atoms with Crippen LogP contribution in [0.25, 0.3) is 5.69 Å². The molecule has 0 N–H and O–H groups in total. The van der Waals surface area contributed by atoms with Crippen LogP contribution in [0.15, 0.2) is 24.3 Å². The van der Waals surface area contributed by atoms with Gasteiger partial charge in [-0.15, -0.1) is 0 Å². The maximum absolute atomic E-state index is 5.72. The van der Waals surface area contributed by atoms with Gasteiger partial charge in [-0.2, -0.15) is 4.68 Å². The highest BCUT2D eigenvalue weighted by molar-refractivity contribution is 6.30. The zero-order valence-electron chi connectivity index (χ0n) is 6.35. The topological polar surface area (TPSA) is 43.6 Å². The second-order valence-corrected chi connectivity index (χ2v) is 3.11. The lowest BCUT2D eigenvalue weighted by Gasteiger charge is -1.98. The first-order valence-electron chi connectivity index (χ1n) is 3.47. The molecular weight excluding hydrogens is 211 g/mol. The summed E-state index contributed by atoms with van der Waals surface area (Å²) in [6.45, 7) is 0. The van der Waals surface area contributed by atoms with Crippen molar-refractivity contribution in [3.8, 4) is 5.69 Å². The first-order chi connectivity index (χ1) is 6.27. The standard InChI is InChI=1S/C7H4Cl2N4/c8-5-1-3-6(4-2-5)13-7(9)10-11-12-13/h1-4H. The minimum Gasteiger partial charge on any atom is -0.183 e. The summed E-state index contributed by atoms with van der Waals surface area (Å²) in [6.07, 6.45) is 0. The van der Waals surface area contributed by atoms with Crippen LogP contribution in [0.4, 0.5) is 0 Å². The van der Waals surface area contributed by atoms with Gasteiger partial charge in [0.15, 0.2) is 0 Å². The summed E-state index contributed by atoms with van der Waals surface area (Å²) in [4.78, 5) is 0. The number of hydrogen-bond acceptors (Lipinski definition) is 3. The molecule has 0 fully saturated rings. The Labute approximate surface area is 84.1 Å². The number of aromatic nitrogens is 4. The molecule has 0 aliphatic rings. The fourth-order valence-electron chi connectivity index (χ4n) is 0.917. The lowest BCUT2D eigenvalue weighted by atomic mass is 10.3. The third-order valence-corrected chi connectivity index (χ3v) is 1.99. The van der Waals surface area contributed by atoms with Gasteiger partial charge in [-0.05, 0) is 46.3 Å². The molecule has 13 heavy (non-hydrogen) atoms. The van der Waals surface area contributed by atoms with E-state index in [9.17, 15) is 0 Å². The first-order valence-corrected chi connectivity index (χ1v) is 4.23. The SMILES string of the molecule is Clc1ccc(-n2nnnc2Cl)cc1. The van der Waals surface area contributed by atoms with E-state index in [0.717, 1.165) is 5.69 Å². The maximum atomic E-state index is 5.72. The molecule has 0 atom stereocenters. The normalized spacial score (nSPS) is 10.3. The Hall–Kier alpha value is -1.13. The molecule has 1 heterocycles. The molecule has 0 bridgehead atoms. The molecule has 2 aromatic rings. The Kier molecular flexibility index (Phi) is 2.16. The van der Waals surface area contributed by atoms with Crippen molar-refractivity contribution >= 4 is 23.2 Å². The zero-order valence-corrected chi connectivity index (χ0v) is 7.87. The molecule has 66 valence electrons. The molecule has 0 amide bonds. The Morgan fingerprint density at radius 1 is 1.08 bits per heavy atom. The Morgan fingerprint density at radius 2 is 1.77 bits per heavy atom. The number of nitrogens with zero attached hydrogens (tertiary/aromatic N) is 4. The van der Waals surface area contributed by atoms with Gasteiger partial charge in [0, 0.05) is 5.02 Å². The summed E-state index contributed by atoms with van der Waals surface area (Å²) in [6, 6.07) is 7.05. The van der Waals surface area contributed by atoms with Crippen LogP contribution in [0.2, 0.25) is 10.3 Å². The van der Waals surface area contributed by atoms with Crippen molar-refractivity contribution in [3.63, 3.8) is 0 Å². The molecule has 0 unspecified atom stereocenters. The number of tetrazole rings is 1. The molecule has 0 radical (unpaired) electrons. The summed E-state index contributed by atoms with van der Waals surface area (Å²) in [7, 11) is 0. The van der Waals surface area contributed by atoms with E-state index in [4.69, 9.17) is 23.2 Å². The average Bonchev–Trinajstić information content (AvgIpc) is 2.53. The molecule has 0 saturated heterocycles. The average molecular weight is 215 g/mol. The van der Waals surface area contributed by atoms with Gasteiger partial charge in [-0.25, -0.2) is 0 Å². The molecule has 0 saturated carbocycles. The quantitative estimate of drug-likeness (QED) is 0.730. The summed E-state index contributed by atoms with van der Waals surface area (Å²) < 4.78 is 1.41. The number of benzene rings is 1. The van der Waals surface area contributed by atoms with E-state index in [1.807, 2.05) is 0 Å². The number of halogens is 2. The largest absolute Gasteiger partial charge is 0.247 e. The van der Waals surface area contributed by atoms with Gasteiger partial charge in [0.05, 0.1) is 5.69 Å². The molecule has 0 spiro atoms. The van der Waals surface area contributed by atoms with Crippen molar-refractivity contribution in [3.05, 3.63) is 34.6 Å². The number of hydrogen-bond donors (Lipinski definition) is 0. The smallest absolute Gasteiger partial charge is 0.183 e. The van der Waals surface area contributed by atoms with Crippen molar-refractivity contribution in [2.24, 2.45) is 0 Å². The van der Waals surface area contributed by atoms with Crippen LogP contribution < -0.4 is 0 Å². The van der Waals surface area contributed by atoms with Crippen LogP contribution in [-0.2, 0) is 0 Å². The molecule has 4 nitrogen and oxygen atoms in total. The molecule has 0 aliphatic heterocycles. The van der Waals surface area contributed by atoms with E-state index >= 15 is 0 Å². The van der Waals surface area contributed by atoms with Crippen molar-refractivity contribution in [2.75, 3.05) is 0 Å². The second-order valence-electron chi connectivity index (χ2n) is 2.34. The van der Waals surface area contributed by atoms with Gasteiger partial charge in [0.25, 0.3) is 0 Å². The van der Waals surface area contributed by atoms with E-state index in [2.05, 4.69) is 15.5 Å². The van der Waals surface area contributed by atoms with Crippen LogP contribution in [0, 0.1) is 0 Å². The summed E-state index contributed by atoms with van der Waals surface area (Å²) >= 11 is 11.4. The highest BCUT2D eigenvalue weighted by Crippen LogP contribution is 2.14. The highest BCUT2D eigenvalue weighted by atomic mass is 35.5. The predicted molar refractivity (Wildman–Crippen MR) is 49.2 cm³/mol. The zero-order chi connectivity index (χ0) is 9.26. The van der Waals surface area contributed by atoms with E-state index in [-0.39, 0.29) is 5.28 Å². The second kappa shape index (κ2) is 3.32. The van der Waals surface area contributed by atoms with Crippen LogP contribution in [0.1, 0.15) is 0 Å². The van der Waals surface area contributed by atoms with Gasteiger partial charge in [0.1, 0.15) is 0 Å². The Bertz CT molecular complexity index is 409. The first kappa shape index (κ1) is 8.47. The summed E-state index contributed by atoms with van der Waals surface area (Å²) in [5.74, 6) is 0. The summed E-state index contributed by atoms with van der Waals surface area (Å²) in [5.41, 5.74) is 0.777. The third-order valence-electron chi connectivity index (χ3n) is 1.50. The van der Waals surface area contributed by atoms with Gasteiger partial charge in [0.2, 0.25) is 5.28 Å². The Balaban J connectivity index is 2.47. The van der Waals surface area contributed by atoms with Crippen molar-refractivity contribution in [1.82, 2.24) is 20.2 Å². The summed E-state index contributed by atoms with van der Waals surface area (Å²) in [5, 5.41) is 11.5. The molecule has 6 heteroatoms. The van der Waals surface area contributed by atoms with Crippen LogP contribution in [0.5, 0.6) is 0 Å². The van der Waals surface area contributed by atoms with Gasteiger partial charge < -0.3 is 0 Å².